The topological polar surface area (TPSA) is 197 Å². The van der Waals surface area contributed by atoms with E-state index in [1.54, 1.807) is 37.4 Å². The van der Waals surface area contributed by atoms with E-state index in [4.69, 9.17) is 28.4 Å². The largest absolute Gasteiger partial charge is 0.497 e. The van der Waals surface area contributed by atoms with Gasteiger partial charge in [0.2, 0.25) is 6.29 Å². The van der Waals surface area contributed by atoms with Gasteiger partial charge < -0.3 is 64.2 Å². The first-order valence-electron chi connectivity index (χ1n) is 13.1. The summed E-state index contributed by atoms with van der Waals surface area (Å²) < 4.78 is 33.3. The lowest BCUT2D eigenvalue weighted by Crippen LogP contribution is -2.61. The number of aliphatic hydroxyl groups is 7. The number of ether oxygens (including phenoxy) is 6. The molecule has 2 saturated heterocycles. The van der Waals surface area contributed by atoms with Gasteiger partial charge >= 0.3 is 0 Å². The van der Waals surface area contributed by atoms with E-state index in [9.17, 15) is 35.7 Å². The van der Waals surface area contributed by atoms with Gasteiger partial charge in [-0.15, -0.1) is 0 Å². The van der Waals surface area contributed by atoms with Crippen molar-refractivity contribution in [2.45, 2.75) is 74.4 Å². The van der Waals surface area contributed by atoms with Crippen LogP contribution in [0.3, 0.4) is 0 Å². The van der Waals surface area contributed by atoms with Crippen molar-refractivity contribution in [3.05, 3.63) is 59.9 Å². The van der Waals surface area contributed by atoms with E-state index in [0.717, 1.165) is 0 Å². The fourth-order valence-electron chi connectivity index (χ4n) is 4.92. The summed E-state index contributed by atoms with van der Waals surface area (Å²) in [5.41, 5.74) is 1.60. The summed E-state index contributed by atoms with van der Waals surface area (Å²) in [6, 6.07) is 11.7. The quantitative estimate of drug-likeness (QED) is 0.216. The lowest BCUT2D eigenvalue weighted by atomic mass is 9.94. The molecule has 11 atom stereocenters. The SMILES string of the molecule is COc1ccc(C2=COc3ccc(O[C@H]4O[C@@H](CO[C@@H]5O[C@H](C)[C@H](O)[C@H](O)[C@@H]5O)[C@H](O)[C@@H](O)[C@@H]4O)cc3[C@@H]2O)cc1. The van der Waals surface area contributed by atoms with Crippen molar-refractivity contribution in [1.82, 2.24) is 0 Å². The Labute approximate surface area is 235 Å². The van der Waals surface area contributed by atoms with E-state index in [1.807, 2.05) is 0 Å². The average molecular weight is 579 g/mol. The van der Waals surface area contributed by atoms with Crippen molar-refractivity contribution in [2.75, 3.05) is 13.7 Å². The molecule has 0 unspecified atom stereocenters. The van der Waals surface area contributed by atoms with E-state index in [0.29, 0.717) is 28.2 Å². The Balaban J connectivity index is 1.27. The number of aliphatic hydroxyl groups excluding tert-OH is 7. The fourth-order valence-corrected chi connectivity index (χ4v) is 4.92. The van der Waals surface area contributed by atoms with Crippen LogP contribution in [-0.2, 0) is 14.2 Å². The van der Waals surface area contributed by atoms with Crippen LogP contribution < -0.4 is 14.2 Å². The van der Waals surface area contributed by atoms with Crippen LogP contribution in [0.15, 0.2) is 48.7 Å². The van der Waals surface area contributed by atoms with Crippen LogP contribution >= 0.6 is 0 Å². The van der Waals surface area contributed by atoms with Crippen molar-refractivity contribution in [3.8, 4) is 17.2 Å². The highest BCUT2D eigenvalue weighted by Gasteiger charge is 2.47. The molecule has 2 aromatic carbocycles. The molecule has 0 saturated carbocycles. The lowest BCUT2D eigenvalue weighted by Gasteiger charge is -2.42. The van der Waals surface area contributed by atoms with Crippen LogP contribution in [0.2, 0.25) is 0 Å². The number of fused-ring (bicyclic) bond motifs is 1. The minimum Gasteiger partial charge on any atom is -0.497 e. The highest BCUT2D eigenvalue weighted by molar-refractivity contribution is 5.73. The number of hydrogen-bond donors (Lipinski definition) is 7. The third kappa shape index (κ3) is 5.92. The van der Waals surface area contributed by atoms with Gasteiger partial charge in [-0.2, -0.15) is 0 Å². The van der Waals surface area contributed by atoms with Crippen LogP contribution in [0.5, 0.6) is 17.2 Å². The van der Waals surface area contributed by atoms with E-state index < -0.39 is 74.1 Å². The Morgan fingerprint density at radius 1 is 0.732 bits per heavy atom. The molecule has 13 heteroatoms. The minimum absolute atomic E-state index is 0.173. The fraction of sp³-hybridized carbons (Fsp3) is 0.500. The van der Waals surface area contributed by atoms with Crippen LogP contribution in [0.25, 0.3) is 5.57 Å². The molecule has 3 aliphatic rings. The summed E-state index contributed by atoms with van der Waals surface area (Å²) in [5, 5.41) is 72.6. The summed E-state index contributed by atoms with van der Waals surface area (Å²) in [6.07, 6.45) is -13.8. The summed E-state index contributed by atoms with van der Waals surface area (Å²) in [5.74, 6) is 1.22. The van der Waals surface area contributed by atoms with Crippen molar-refractivity contribution in [1.29, 1.82) is 0 Å². The molecule has 0 aromatic heterocycles. The smallest absolute Gasteiger partial charge is 0.229 e. The molecule has 7 N–H and O–H groups in total. The third-order valence-corrected chi connectivity index (χ3v) is 7.46. The molecular weight excluding hydrogens is 544 g/mol. The third-order valence-electron chi connectivity index (χ3n) is 7.46. The Morgan fingerprint density at radius 2 is 1.39 bits per heavy atom. The van der Waals surface area contributed by atoms with E-state index in [1.165, 1.54) is 25.3 Å². The molecule has 2 aromatic rings. The van der Waals surface area contributed by atoms with E-state index in [2.05, 4.69) is 0 Å². The molecule has 3 aliphatic heterocycles. The molecule has 0 amide bonds. The van der Waals surface area contributed by atoms with Gasteiger partial charge in [-0.1, -0.05) is 12.1 Å². The normalized spacial score (nSPS) is 37.0. The molecule has 224 valence electrons. The zero-order valence-electron chi connectivity index (χ0n) is 22.3. The number of benzene rings is 2. The number of hydrogen-bond acceptors (Lipinski definition) is 13. The van der Waals surface area contributed by atoms with E-state index >= 15 is 0 Å². The minimum atomic E-state index is -1.68. The van der Waals surface area contributed by atoms with Crippen LogP contribution in [-0.4, -0.2) is 111 Å². The number of rotatable bonds is 7. The van der Waals surface area contributed by atoms with Crippen molar-refractivity contribution < 1.29 is 64.2 Å². The highest BCUT2D eigenvalue weighted by atomic mass is 16.7. The zero-order valence-corrected chi connectivity index (χ0v) is 22.3. The molecule has 0 radical (unpaired) electrons. The number of methoxy groups -OCH3 is 1. The average Bonchev–Trinajstić information content (AvgIpc) is 2.98. The molecule has 0 bridgehead atoms. The van der Waals surface area contributed by atoms with Gasteiger partial charge in [0.25, 0.3) is 0 Å². The molecule has 5 rings (SSSR count). The van der Waals surface area contributed by atoms with Gasteiger partial charge in [0, 0.05) is 11.1 Å². The molecule has 41 heavy (non-hydrogen) atoms. The van der Waals surface area contributed by atoms with Crippen molar-refractivity contribution in [2.24, 2.45) is 0 Å². The Hall–Kier alpha value is -2.82. The summed E-state index contributed by atoms with van der Waals surface area (Å²) >= 11 is 0. The Kier molecular flexibility index (Phi) is 8.82. The Bertz CT molecular complexity index is 1220. The van der Waals surface area contributed by atoms with E-state index in [-0.39, 0.29) is 5.75 Å². The molecule has 0 aliphatic carbocycles. The lowest BCUT2D eigenvalue weighted by molar-refractivity contribution is -0.318. The zero-order chi connectivity index (χ0) is 29.4. The molecular formula is C28H34O13. The van der Waals surface area contributed by atoms with Gasteiger partial charge in [0.05, 0.1) is 26.1 Å². The van der Waals surface area contributed by atoms with Crippen LogP contribution in [0.1, 0.15) is 24.2 Å². The van der Waals surface area contributed by atoms with Gasteiger partial charge in [-0.25, -0.2) is 0 Å². The van der Waals surface area contributed by atoms with Crippen LogP contribution in [0, 0.1) is 0 Å². The Morgan fingerprint density at radius 3 is 2.10 bits per heavy atom. The monoisotopic (exact) mass is 578 g/mol. The van der Waals surface area contributed by atoms with Crippen molar-refractivity contribution in [3.63, 3.8) is 0 Å². The standard InChI is InChI=1S/C28H34O13/c1-12-20(29)23(32)25(34)27(39-12)38-11-19-22(31)24(33)26(35)28(41-19)40-15-7-8-18-16(9-15)21(30)17(10-37-18)13-3-5-14(36-2)6-4-13/h3-10,12,19-35H,11H2,1-2H3/t12-,19+,20+,21+,22+,23+,24-,25+,26+,27-,28+/m1/s1. The van der Waals surface area contributed by atoms with Gasteiger partial charge in [-0.3, -0.25) is 0 Å². The maximum absolute atomic E-state index is 11.1. The maximum Gasteiger partial charge on any atom is 0.229 e. The maximum atomic E-state index is 11.1. The van der Waals surface area contributed by atoms with Crippen LogP contribution in [0.4, 0.5) is 0 Å². The van der Waals surface area contributed by atoms with Gasteiger partial charge in [0.15, 0.2) is 6.29 Å². The molecule has 0 spiro atoms. The highest BCUT2D eigenvalue weighted by Crippen LogP contribution is 2.41. The second-order valence-electron chi connectivity index (χ2n) is 10.2. The molecule has 13 nitrogen and oxygen atoms in total. The molecule has 3 heterocycles. The molecule has 2 fully saturated rings. The summed E-state index contributed by atoms with van der Waals surface area (Å²) in [4.78, 5) is 0. The first kappa shape index (κ1) is 29.7. The summed E-state index contributed by atoms with van der Waals surface area (Å²) in [7, 11) is 1.56. The summed E-state index contributed by atoms with van der Waals surface area (Å²) in [6.45, 7) is 1.07. The first-order chi connectivity index (χ1) is 19.6. The van der Waals surface area contributed by atoms with Crippen molar-refractivity contribution >= 4 is 5.57 Å². The predicted octanol–water partition coefficient (Wildman–Crippen LogP) is -0.807. The second kappa shape index (κ2) is 12.2. The predicted molar refractivity (Wildman–Crippen MR) is 139 cm³/mol. The first-order valence-corrected chi connectivity index (χ1v) is 13.1. The van der Waals surface area contributed by atoms with Gasteiger partial charge in [-0.05, 0) is 42.8 Å². The second-order valence-corrected chi connectivity index (χ2v) is 10.2. The van der Waals surface area contributed by atoms with Gasteiger partial charge in [0.1, 0.15) is 66.1 Å².